The number of ether oxygens (including phenoxy) is 2. The molecule has 0 bridgehead atoms. The van der Waals surface area contributed by atoms with Crippen molar-refractivity contribution in [2.45, 2.75) is 0 Å². The summed E-state index contributed by atoms with van der Waals surface area (Å²) in [5, 5.41) is 2.92. The minimum Gasteiger partial charge on any atom is -0.466 e. The van der Waals surface area contributed by atoms with Crippen LogP contribution in [0.25, 0.3) is 16.6 Å². The Morgan fingerprint density at radius 3 is 2.58 bits per heavy atom. The Balaban J connectivity index is 1.91. The first-order valence-corrected chi connectivity index (χ1v) is 7.93. The van der Waals surface area contributed by atoms with Crippen LogP contribution in [0.15, 0.2) is 72.7 Å². The molecule has 132 valence electrons. The summed E-state index contributed by atoms with van der Waals surface area (Å²) in [5.74, 6) is -1.30. The maximum absolute atomic E-state index is 11.9. The first kappa shape index (κ1) is 17.3. The van der Waals surface area contributed by atoms with E-state index < -0.39 is 11.9 Å². The molecule has 0 saturated carbocycles. The van der Waals surface area contributed by atoms with Gasteiger partial charge >= 0.3 is 11.9 Å². The Bertz CT molecular complexity index is 955. The molecule has 2 heterocycles. The quantitative estimate of drug-likeness (QED) is 0.565. The van der Waals surface area contributed by atoms with Crippen molar-refractivity contribution in [2.75, 3.05) is 19.5 Å². The normalized spacial score (nSPS) is 11.2. The molecular weight excluding hydrogens is 332 g/mol. The van der Waals surface area contributed by atoms with Crippen molar-refractivity contribution in [1.82, 2.24) is 4.40 Å². The predicted octanol–water partition coefficient (Wildman–Crippen LogP) is 3.25. The van der Waals surface area contributed by atoms with Gasteiger partial charge in [0.1, 0.15) is 5.70 Å². The van der Waals surface area contributed by atoms with Gasteiger partial charge in [-0.15, -0.1) is 0 Å². The van der Waals surface area contributed by atoms with Gasteiger partial charge in [-0.2, -0.15) is 0 Å². The zero-order valence-electron chi connectivity index (χ0n) is 14.4. The van der Waals surface area contributed by atoms with Gasteiger partial charge in [0, 0.05) is 29.2 Å². The number of esters is 2. The number of rotatable bonds is 5. The van der Waals surface area contributed by atoms with E-state index in [4.69, 9.17) is 4.74 Å². The van der Waals surface area contributed by atoms with Gasteiger partial charge in [-0.3, -0.25) is 0 Å². The molecule has 3 rings (SSSR count). The number of nitrogens with zero attached hydrogens (tertiary/aromatic N) is 1. The van der Waals surface area contributed by atoms with Crippen LogP contribution in [-0.4, -0.2) is 30.6 Å². The Kier molecular flexibility index (Phi) is 5.03. The zero-order chi connectivity index (χ0) is 18.5. The lowest BCUT2D eigenvalue weighted by Gasteiger charge is -2.10. The number of benzene rings is 1. The molecule has 0 aliphatic carbocycles. The fraction of sp³-hybridized carbons (Fsp3) is 0.100. The molecule has 0 saturated heterocycles. The Morgan fingerprint density at radius 1 is 1.00 bits per heavy atom. The van der Waals surface area contributed by atoms with E-state index in [9.17, 15) is 9.59 Å². The van der Waals surface area contributed by atoms with E-state index in [1.54, 1.807) is 6.07 Å². The van der Waals surface area contributed by atoms with Crippen LogP contribution in [0, 0.1) is 0 Å². The Hall–Kier alpha value is -3.54. The van der Waals surface area contributed by atoms with E-state index in [0.29, 0.717) is 5.69 Å². The second kappa shape index (κ2) is 7.57. The van der Waals surface area contributed by atoms with E-state index in [0.717, 1.165) is 22.7 Å². The van der Waals surface area contributed by atoms with Crippen molar-refractivity contribution in [1.29, 1.82) is 0 Å². The highest BCUT2D eigenvalue weighted by Gasteiger charge is 2.13. The molecule has 1 N–H and O–H groups in total. The number of hydrogen-bond acceptors (Lipinski definition) is 5. The van der Waals surface area contributed by atoms with Crippen LogP contribution >= 0.6 is 0 Å². The second-order valence-electron chi connectivity index (χ2n) is 5.54. The average Bonchev–Trinajstić information content (AvgIpc) is 3.11. The lowest BCUT2D eigenvalue weighted by molar-refractivity contribution is -0.138. The molecule has 2 aromatic heterocycles. The average molecular weight is 350 g/mol. The van der Waals surface area contributed by atoms with Crippen LogP contribution in [0.5, 0.6) is 0 Å². The summed E-state index contributed by atoms with van der Waals surface area (Å²) < 4.78 is 11.3. The van der Waals surface area contributed by atoms with Crippen molar-refractivity contribution >= 4 is 23.1 Å². The fourth-order valence-electron chi connectivity index (χ4n) is 2.58. The molecule has 0 aliphatic heterocycles. The first-order chi connectivity index (χ1) is 12.6. The summed E-state index contributed by atoms with van der Waals surface area (Å²) in [4.78, 5) is 23.3. The lowest BCUT2D eigenvalue weighted by Crippen LogP contribution is -2.15. The molecular formula is C20H18N2O4. The van der Waals surface area contributed by atoms with Crippen molar-refractivity contribution in [3.63, 3.8) is 0 Å². The minimum atomic E-state index is -0.657. The lowest BCUT2D eigenvalue weighted by atomic mass is 10.1. The van der Waals surface area contributed by atoms with Gasteiger partial charge in [0.15, 0.2) is 0 Å². The molecule has 0 unspecified atom stereocenters. The van der Waals surface area contributed by atoms with Crippen LogP contribution in [0.3, 0.4) is 0 Å². The fourth-order valence-corrected chi connectivity index (χ4v) is 2.58. The van der Waals surface area contributed by atoms with Gasteiger partial charge in [0.25, 0.3) is 0 Å². The van der Waals surface area contributed by atoms with Crippen molar-refractivity contribution in [3.05, 3.63) is 72.7 Å². The molecule has 6 nitrogen and oxygen atoms in total. The molecule has 0 radical (unpaired) electrons. The molecule has 1 aromatic carbocycles. The summed E-state index contributed by atoms with van der Waals surface area (Å²) in [7, 11) is 2.49. The molecule has 0 spiro atoms. The number of aromatic nitrogens is 1. The largest absolute Gasteiger partial charge is 0.466 e. The van der Waals surface area contributed by atoms with E-state index in [2.05, 4.69) is 16.1 Å². The highest BCUT2D eigenvalue weighted by molar-refractivity contribution is 5.98. The molecule has 6 heteroatoms. The molecule has 3 aromatic rings. The number of fused-ring (bicyclic) bond motifs is 1. The van der Waals surface area contributed by atoms with Gasteiger partial charge in [0.2, 0.25) is 0 Å². The Labute approximate surface area is 150 Å². The number of anilines is 1. The number of nitrogens with one attached hydrogen (secondary N) is 1. The van der Waals surface area contributed by atoms with E-state index in [-0.39, 0.29) is 5.70 Å². The molecule has 0 amide bonds. The van der Waals surface area contributed by atoms with E-state index >= 15 is 0 Å². The van der Waals surface area contributed by atoms with Crippen LogP contribution in [-0.2, 0) is 19.1 Å². The summed E-state index contributed by atoms with van der Waals surface area (Å²) >= 11 is 0. The number of pyridine rings is 1. The van der Waals surface area contributed by atoms with Gasteiger partial charge in [-0.25, -0.2) is 9.59 Å². The van der Waals surface area contributed by atoms with Crippen LogP contribution in [0.4, 0.5) is 5.69 Å². The Morgan fingerprint density at radius 2 is 1.85 bits per heavy atom. The molecule has 0 aliphatic rings. The molecule has 0 atom stereocenters. The van der Waals surface area contributed by atoms with Crippen LogP contribution in [0.1, 0.15) is 0 Å². The summed E-state index contributed by atoms with van der Waals surface area (Å²) in [6.07, 6.45) is 5.07. The monoisotopic (exact) mass is 350 g/mol. The van der Waals surface area contributed by atoms with Crippen LogP contribution < -0.4 is 5.32 Å². The topological polar surface area (TPSA) is 69.0 Å². The predicted molar refractivity (Wildman–Crippen MR) is 98.6 cm³/mol. The second-order valence-corrected chi connectivity index (χ2v) is 5.54. The third-order valence-electron chi connectivity index (χ3n) is 3.85. The van der Waals surface area contributed by atoms with Gasteiger partial charge < -0.3 is 19.2 Å². The summed E-state index contributed by atoms with van der Waals surface area (Å²) in [6.45, 7) is 0. The highest BCUT2D eigenvalue weighted by Crippen LogP contribution is 2.25. The van der Waals surface area contributed by atoms with Gasteiger partial charge in [-0.05, 0) is 35.9 Å². The van der Waals surface area contributed by atoms with Gasteiger partial charge in [-0.1, -0.05) is 18.2 Å². The van der Waals surface area contributed by atoms with Crippen molar-refractivity contribution in [3.8, 4) is 11.1 Å². The molecule has 26 heavy (non-hydrogen) atoms. The minimum absolute atomic E-state index is 0.00135. The number of methoxy groups -OCH3 is 2. The van der Waals surface area contributed by atoms with E-state index in [1.807, 2.05) is 53.2 Å². The standard InChI is InChI=1S/C20H18N2O4/c1-25-19(23)12-18(20(24)26-2)21-16-7-5-6-14(10-16)15-11-17-8-3-4-9-22(17)13-15/h3-13,21H,1-2H3/b18-12+. The SMILES string of the molecule is COC(=O)/C=C(/Nc1cccc(-c2cc3ccccn3c2)c1)C(=O)OC. The maximum atomic E-state index is 11.9. The third kappa shape index (κ3) is 3.75. The summed E-state index contributed by atoms with van der Waals surface area (Å²) in [5.41, 5.74) is 3.75. The zero-order valence-corrected chi connectivity index (χ0v) is 14.4. The number of carbonyl (C=O) groups excluding carboxylic acids is 2. The molecule has 0 fully saturated rings. The number of carbonyl (C=O) groups is 2. The van der Waals surface area contributed by atoms with Gasteiger partial charge in [0.05, 0.1) is 20.3 Å². The first-order valence-electron chi connectivity index (χ1n) is 7.93. The van der Waals surface area contributed by atoms with E-state index in [1.165, 1.54) is 14.2 Å². The smallest absolute Gasteiger partial charge is 0.354 e. The van der Waals surface area contributed by atoms with Crippen LogP contribution in [0.2, 0.25) is 0 Å². The highest BCUT2D eigenvalue weighted by atomic mass is 16.5. The third-order valence-corrected chi connectivity index (χ3v) is 3.85. The van der Waals surface area contributed by atoms with Crippen molar-refractivity contribution < 1.29 is 19.1 Å². The number of hydrogen-bond donors (Lipinski definition) is 1. The maximum Gasteiger partial charge on any atom is 0.354 e. The van der Waals surface area contributed by atoms with Crippen molar-refractivity contribution in [2.24, 2.45) is 0 Å². The summed E-state index contributed by atoms with van der Waals surface area (Å²) in [6, 6.07) is 15.6.